The molecule has 1 rings (SSSR count). The molecule has 0 saturated carbocycles. The zero-order chi connectivity index (χ0) is 5.98. The van der Waals surface area contributed by atoms with Crippen molar-refractivity contribution in [3.05, 3.63) is 28.8 Å². The average Bonchev–Trinajstić information content (AvgIpc) is 1.64. The maximum Gasteiger partial charge on any atom is 0.0152 e. The van der Waals surface area contributed by atoms with Crippen LogP contribution in [0.25, 0.3) is 0 Å². The van der Waals surface area contributed by atoms with Gasteiger partial charge in [0.05, 0.1) is 0 Å². The summed E-state index contributed by atoms with van der Waals surface area (Å²) in [5, 5.41) is 0. The minimum atomic E-state index is 0.847. The summed E-state index contributed by atoms with van der Waals surface area (Å²) in [6.07, 6.45) is 6.88. The van der Waals surface area contributed by atoms with E-state index in [1.54, 1.807) is 0 Å². The summed E-state index contributed by atoms with van der Waals surface area (Å²) in [6, 6.07) is 0. The molecule has 0 spiro atoms. The molecule has 0 unspecified atom stereocenters. The third kappa shape index (κ3) is 1.37. The fourth-order valence-electron chi connectivity index (χ4n) is 0.585. The van der Waals surface area contributed by atoms with Crippen LogP contribution in [0.4, 0.5) is 0 Å². The van der Waals surface area contributed by atoms with Crippen molar-refractivity contribution in [2.24, 2.45) is 5.73 Å². The van der Waals surface area contributed by atoms with Gasteiger partial charge in [0.15, 0.2) is 0 Å². The normalized spacial score (nSPS) is 19.6. The second-order valence-corrected chi connectivity index (χ2v) is 2.59. The van der Waals surface area contributed by atoms with Crippen LogP contribution in [0.15, 0.2) is 22.3 Å². The zero-order valence-corrected chi connectivity index (χ0v) is 5.98. The molecule has 0 bridgehead atoms. The Morgan fingerprint density at radius 1 is 1.62 bits per heavy atom. The maximum atomic E-state index is 5.46. The smallest absolute Gasteiger partial charge is 0.0152 e. The van der Waals surface area contributed by atoms with Gasteiger partial charge < -0.3 is 5.73 Å². The molecule has 2 heteroatoms. The zero-order valence-electron chi connectivity index (χ0n) is 4.39. The quantitative estimate of drug-likeness (QED) is 0.592. The predicted octanol–water partition coefficient (Wildman–Crippen LogP) is 1.72. The van der Waals surface area contributed by atoms with E-state index in [2.05, 4.69) is 22.0 Å². The van der Waals surface area contributed by atoms with Crippen molar-refractivity contribution < 1.29 is 0 Å². The topological polar surface area (TPSA) is 26.0 Å². The van der Waals surface area contributed by atoms with Crippen LogP contribution in [0, 0.1) is 6.42 Å². The van der Waals surface area contributed by atoms with Gasteiger partial charge in [0.2, 0.25) is 0 Å². The molecule has 43 valence electrons. The molecule has 0 aromatic carbocycles. The van der Waals surface area contributed by atoms with Crippen LogP contribution in [0.5, 0.6) is 0 Å². The molecule has 1 aliphatic rings. The molecule has 0 aromatic rings. The SMILES string of the molecule is NC1=CC(Br)=CC[CH]1. The van der Waals surface area contributed by atoms with E-state index in [-0.39, 0.29) is 0 Å². The third-order valence-corrected chi connectivity index (χ3v) is 1.52. The molecule has 1 nitrogen and oxygen atoms in total. The first-order valence-corrected chi connectivity index (χ1v) is 3.24. The Hall–Kier alpha value is -0.240. The van der Waals surface area contributed by atoms with Crippen LogP contribution in [0.1, 0.15) is 6.42 Å². The second-order valence-electron chi connectivity index (χ2n) is 1.67. The van der Waals surface area contributed by atoms with Gasteiger partial charge in [0.25, 0.3) is 0 Å². The van der Waals surface area contributed by atoms with Crippen molar-refractivity contribution in [1.29, 1.82) is 0 Å². The molecule has 1 radical (unpaired) electrons. The first kappa shape index (κ1) is 5.89. The maximum absolute atomic E-state index is 5.46. The van der Waals surface area contributed by atoms with Crippen LogP contribution in [-0.4, -0.2) is 0 Å². The fourth-order valence-corrected chi connectivity index (χ4v) is 1.04. The molecule has 0 amide bonds. The van der Waals surface area contributed by atoms with Crippen molar-refractivity contribution >= 4 is 15.9 Å². The van der Waals surface area contributed by atoms with E-state index in [9.17, 15) is 0 Å². The Morgan fingerprint density at radius 2 is 2.38 bits per heavy atom. The Bertz CT molecular complexity index is 147. The highest BCUT2D eigenvalue weighted by Crippen LogP contribution is 2.16. The molecule has 0 saturated heterocycles. The van der Waals surface area contributed by atoms with Crippen LogP contribution in [0.2, 0.25) is 0 Å². The summed E-state index contributed by atoms with van der Waals surface area (Å²) < 4.78 is 1.08. The number of rotatable bonds is 0. The number of nitrogens with two attached hydrogens (primary N) is 1. The molecule has 0 aliphatic heterocycles. The lowest BCUT2D eigenvalue weighted by molar-refractivity contribution is 1.15. The number of hydrogen-bond donors (Lipinski definition) is 1. The highest BCUT2D eigenvalue weighted by Gasteiger charge is 1.97. The molecule has 1 aliphatic carbocycles. The highest BCUT2D eigenvalue weighted by molar-refractivity contribution is 9.11. The summed E-state index contributed by atoms with van der Waals surface area (Å²) >= 11 is 3.31. The predicted molar refractivity (Wildman–Crippen MR) is 38.2 cm³/mol. The van der Waals surface area contributed by atoms with Crippen LogP contribution < -0.4 is 5.73 Å². The van der Waals surface area contributed by atoms with Gasteiger partial charge in [-0.1, -0.05) is 22.0 Å². The van der Waals surface area contributed by atoms with E-state index < -0.39 is 0 Å². The lowest BCUT2D eigenvalue weighted by Gasteiger charge is -2.02. The van der Waals surface area contributed by atoms with E-state index in [1.165, 1.54) is 0 Å². The second kappa shape index (κ2) is 2.35. The van der Waals surface area contributed by atoms with Gasteiger partial charge in [-0.2, -0.15) is 0 Å². The summed E-state index contributed by atoms with van der Waals surface area (Å²) in [5.41, 5.74) is 6.31. The number of hydrogen-bond acceptors (Lipinski definition) is 1. The molecule has 0 fully saturated rings. The fraction of sp³-hybridized carbons (Fsp3) is 0.167. The molecular formula is C6H7BrN. The number of halogens is 1. The van der Waals surface area contributed by atoms with Gasteiger partial charge in [-0.25, -0.2) is 0 Å². The molecule has 0 heterocycles. The summed E-state index contributed by atoms with van der Waals surface area (Å²) in [5.74, 6) is 0. The Balaban J connectivity index is 2.69. The largest absolute Gasteiger partial charge is 0.402 e. The van der Waals surface area contributed by atoms with E-state index in [0.717, 1.165) is 16.6 Å². The summed E-state index contributed by atoms with van der Waals surface area (Å²) in [6.45, 7) is 0. The van der Waals surface area contributed by atoms with Gasteiger partial charge in [-0.3, -0.25) is 0 Å². The van der Waals surface area contributed by atoms with Gasteiger partial charge in [0, 0.05) is 16.6 Å². The van der Waals surface area contributed by atoms with Crippen molar-refractivity contribution in [1.82, 2.24) is 0 Å². The standard InChI is InChI=1S/C6H7BrN/c7-5-2-1-3-6(8)4-5/h2-4H,1,8H2. The minimum absolute atomic E-state index is 0.847. The van der Waals surface area contributed by atoms with Crippen molar-refractivity contribution in [3.63, 3.8) is 0 Å². The number of allylic oxidation sites excluding steroid dienone is 4. The summed E-state index contributed by atoms with van der Waals surface area (Å²) in [4.78, 5) is 0. The van der Waals surface area contributed by atoms with Gasteiger partial charge in [-0.15, -0.1) is 0 Å². The van der Waals surface area contributed by atoms with Crippen LogP contribution >= 0.6 is 15.9 Å². The average molecular weight is 173 g/mol. The lowest BCUT2D eigenvalue weighted by atomic mass is 10.1. The van der Waals surface area contributed by atoms with E-state index in [1.807, 2.05) is 12.5 Å². The van der Waals surface area contributed by atoms with E-state index >= 15 is 0 Å². The Kier molecular flexibility index (Phi) is 1.73. The van der Waals surface area contributed by atoms with Crippen LogP contribution in [-0.2, 0) is 0 Å². The van der Waals surface area contributed by atoms with Crippen molar-refractivity contribution in [2.45, 2.75) is 6.42 Å². The Labute approximate surface area is 57.4 Å². The van der Waals surface area contributed by atoms with Gasteiger partial charge >= 0.3 is 0 Å². The molecule has 0 aromatic heterocycles. The van der Waals surface area contributed by atoms with Crippen molar-refractivity contribution in [3.8, 4) is 0 Å². The van der Waals surface area contributed by atoms with Gasteiger partial charge in [0.1, 0.15) is 0 Å². The van der Waals surface area contributed by atoms with Gasteiger partial charge in [-0.05, 0) is 12.5 Å². The lowest BCUT2D eigenvalue weighted by Crippen LogP contribution is -1.99. The third-order valence-electron chi connectivity index (χ3n) is 0.971. The van der Waals surface area contributed by atoms with E-state index in [4.69, 9.17) is 5.73 Å². The monoisotopic (exact) mass is 172 g/mol. The molecule has 8 heavy (non-hydrogen) atoms. The summed E-state index contributed by atoms with van der Waals surface area (Å²) in [7, 11) is 0. The Morgan fingerprint density at radius 3 is 2.75 bits per heavy atom. The van der Waals surface area contributed by atoms with E-state index in [0.29, 0.717) is 0 Å². The molecular weight excluding hydrogens is 166 g/mol. The van der Waals surface area contributed by atoms with Crippen LogP contribution in [0.3, 0.4) is 0 Å². The molecule has 2 N–H and O–H groups in total. The highest BCUT2D eigenvalue weighted by atomic mass is 79.9. The first-order valence-electron chi connectivity index (χ1n) is 2.45. The molecule has 0 atom stereocenters. The minimum Gasteiger partial charge on any atom is -0.402 e. The first-order chi connectivity index (χ1) is 3.79. The van der Waals surface area contributed by atoms with Crippen molar-refractivity contribution in [2.75, 3.05) is 0 Å².